The second-order valence-electron chi connectivity index (χ2n) is 8.00. The fraction of sp³-hybridized carbons (Fsp3) is 1.00. The topological polar surface area (TPSA) is 86.6 Å². The summed E-state index contributed by atoms with van der Waals surface area (Å²) in [4.78, 5) is 23.7. The number of fused-ring (bicyclic) bond motifs is 4. The molecule has 5 nitrogen and oxygen atoms in total. The zero-order valence-corrected chi connectivity index (χ0v) is 14.1. The molecule has 0 heterocycles. The van der Waals surface area contributed by atoms with Gasteiger partial charge >= 0.3 is 0 Å². The van der Waals surface area contributed by atoms with Gasteiger partial charge in [0, 0.05) is 0 Å². The Kier molecular flexibility index (Phi) is 3.16. The van der Waals surface area contributed by atoms with Crippen LogP contribution in [0.4, 0.5) is 0 Å². The van der Waals surface area contributed by atoms with Crippen LogP contribution in [-0.4, -0.2) is 20.1 Å². The van der Waals surface area contributed by atoms with Gasteiger partial charge in [-0.2, -0.15) is 4.86 Å². The third-order valence-corrected chi connectivity index (χ3v) is 13.0. The minimum Gasteiger partial charge on any atom is -0.333 e. The summed E-state index contributed by atoms with van der Waals surface area (Å²) in [6.07, 6.45) is 8.41. The lowest BCUT2D eigenvalue weighted by atomic mass is 10.0. The third-order valence-electron chi connectivity index (χ3n) is 6.97. The Morgan fingerprint density at radius 1 is 0.762 bits per heavy atom. The van der Waals surface area contributed by atoms with E-state index >= 15 is 0 Å². The molecule has 0 amide bonds. The average Bonchev–Trinajstić information content (AvgIpc) is 3.18. The zero-order valence-electron chi connectivity index (χ0n) is 12.3. The molecule has 4 rings (SSSR count). The maximum absolute atomic E-state index is 13.0. The summed E-state index contributed by atoms with van der Waals surface area (Å²) in [5.74, 6) is 1.09. The summed E-state index contributed by atoms with van der Waals surface area (Å²) in [5, 5.41) is -1.24. The molecule has 4 fully saturated rings. The fourth-order valence-corrected chi connectivity index (χ4v) is 11.5. The summed E-state index contributed by atoms with van der Waals surface area (Å²) in [6, 6.07) is 0. The van der Waals surface area contributed by atoms with E-state index in [4.69, 9.17) is 0 Å². The number of rotatable bonds is 4. The quantitative estimate of drug-likeness (QED) is 0.684. The maximum atomic E-state index is 13.0. The Morgan fingerprint density at radius 2 is 1.10 bits per heavy atom. The highest BCUT2D eigenvalue weighted by molar-refractivity contribution is 7.73. The maximum Gasteiger partial charge on any atom is 0.280 e. The highest BCUT2D eigenvalue weighted by Crippen LogP contribution is 2.75. The molecule has 0 spiro atoms. The van der Waals surface area contributed by atoms with Crippen LogP contribution >= 0.6 is 15.0 Å². The minimum atomic E-state index is -3.80. The second kappa shape index (κ2) is 4.45. The molecule has 4 aliphatic carbocycles. The van der Waals surface area contributed by atoms with E-state index in [1.165, 1.54) is 0 Å². The fourth-order valence-electron chi connectivity index (χ4n) is 5.57. The molecular formula is C14H25NO4P2. The summed E-state index contributed by atoms with van der Waals surface area (Å²) in [5.41, 5.74) is 0. The van der Waals surface area contributed by atoms with Crippen LogP contribution < -0.4 is 4.86 Å². The number of hydrogen-bond donors (Lipinski definition) is 3. The van der Waals surface area contributed by atoms with E-state index in [0.29, 0.717) is 11.8 Å². The molecule has 3 N–H and O–H groups in total. The predicted octanol–water partition coefficient (Wildman–Crippen LogP) is 3.61. The monoisotopic (exact) mass is 333 g/mol. The Bertz CT molecular complexity index is 499. The van der Waals surface area contributed by atoms with Crippen molar-refractivity contribution in [1.29, 1.82) is 0 Å². The molecule has 4 aliphatic rings. The Hall–Kier alpha value is 0.340. The summed E-state index contributed by atoms with van der Waals surface area (Å²) < 4.78 is 25.9. The van der Waals surface area contributed by atoms with Crippen molar-refractivity contribution in [3.05, 3.63) is 0 Å². The molecule has 0 saturated heterocycles. The molecule has 0 aromatic rings. The Morgan fingerprint density at radius 3 is 1.33 bits per heavy atom. The first-order valence-electron chi connectivity index (χ1n) is 8.23. The van der Waals surface area contributed by atoms with E-state index in [1.807, 2.05) is 0 Å². The summed E-state index contributed by atoms with van der Waals surface area (Å²) >= 11 is 0. The zero-order chi connectivity index (χ0) is 14.9. The lowest BCUT2D eigenvalue weighted by molar-refractivity contribution is 0.381. The van der Waals surface area contributed by atoms with Gasteiger partial charge in [0.25, 0.3) is 15.0 Å². The van der Waals surface area contributed by atoms with Crippen molar-refractivity contribution in [3.8, 4) is 0 Å². The number of nitrogens with one attached hydrogen (secondary N) is 1. The molecule has 2 unspecified atom stereocenters. The van der Waals surface area contributed by atoms with Crippen molar-refractivity contribution >= 4 is 15.0 Å². The van der Waals surface area contributed by atoms with Gasteiger partial charge in [0.05, 0.1) is 10.3 Å². The van der Waals surface area contributed by atoms with Gasteiger partial charge < -0.3 is 9.79 Å². The van der Waals surface area contributed by atoms with Crippen molar-refractivity contribution < 1.29 is 18.9 Å². The van der Waals surface area contributed by atoms with E-state index in [0.717, 1.165) is 64.2 Å². The molecule has 2 atom stereocenters. The Balaban J connectivity index is 1.60. The van der Waals surface area contributed by atoms with E-state index in [-0.39, 0.29) is 0 Å². The first-order chi connectivity index (χ1) is 9.78. The van der Waals surface area contributed by atoms with E-state index in [2.05, 4.69) is 4.86 Å². The van der Waals surface area contributed by atoms with Crippen LogP contribution in [0.3, 0.4) is 0 Å². The van der Waals surface area contributed by atoms with Crippen LogP contribution in [0, 0.1) is 11.8 Å². The van der Waals surface area contributed by atoms with Gasteiger partial charge in [-0.15, -0.1) is 0 Å². The van der Waals surface area contributed by atoms with Crippen molar-refractivity contribution in [2.45, 2.75) is 74.5 Å². The molecule has 4 saturated carbocycles. The molecule has 0 radical (unpaired) electrons. The van der Waals surface area contributed by atoms with E-state index < -0.39 is 25.4 Å². The lowest BCUT2D eigenvalue weighted by Gasteiger charge is -2.38. The van der Waals surface area contributed by atoms with Gasteiger partial charge in [-0.05, 0) is 76.0 Å². The molecule has 4 bridgehead atoms. The normalized spacial score (nSPS) is 50.2. The van der Waals surface area contributed by atoms with Crippen LogP contribution in [0.15, 0.2) is 0 Å². The highest BCUT2D eigenvalue weighted by Gasteiger charge is 2.62. The molecular weight excluding hydrogens is 308 g/mol. The van der Waals surface area contributed by atoms with Crippen LogP contribution in [0.1, 0.15) is 64.2 Å². The molecule has 21 heavy (non-hydrogen) atoms. The molecule has 0 aromatic carbocycles. The standard InChI is InChI=1S/C14H25NO4P2/c16-20(17,13-5-1-11(9-13)2-6-13)15-21(18,19)14-7-3-12(10-14)4-8-14/h11-12H,1-10H2,(H3,15,16,17,18,19). The van der Waals surface area contributed by atoms with Crippen LogP contribution in [0.25, 0.3) is 0 Å². The average molecular weight is 333 g/mol. The van der Waals surface area contributed by atoms with Gasteiger partial charge in [0.2, 0.25) is 0 Å². The van der Waals surface area contributed by atoms with Gasteiger partial charge in [-0.1, -0.05) is 0 Å². The molecule has 0 aliphatic heterocycles. The SMILES string of the molecule is O=P(O)(NP(=O)(O)C12CCC(CC1)C2)C12CCC(CC1)C2. The van der Waals surface area contributed by atoms with Gasteiger partial charge in [-0.3, -0.25) is 9.13 Å². The minimum absolute atomic E-state index is 0.547. The smallest absolute Gasteiger partial charge is 0.280 e. The van der Waals surface area contributed by atoms with Crippen LogP contribution in [-0.2, 0) is 9.13 Å². The summed E-state index contributed by atoms with van der Waals surface area (Å²) in [6.45, 7) is 0. The van der Waals surface area contributed by atoms with E-state index in [9.17, 15) is 18.9 Å². The van der Waals surface area contributed by atoms with Crippen molar-refractivity contribution in [1.82, 2.24) is 4.86 Å². The van der Waals surface area contributed by atoms with Crippen molar-refractivity contribution in [3.63, 3.8) is 0 Å². The lowest BCUT2D eigenvalue weighted by Crippen LogP contribution is -2.35. The first-order valence-corrected chi connectivity index (χ1v) is 11.5. The third kappa shape index (κ3) is 2.01. The molecule has 7 heteroatoms. The Labute approximate surface area is 125 Å². The van der Waals surface area contributed by atoms with Crippen LogP contribution in [0.2, 0.25) is 0 Å². The van der Waals surface area contributed by atoms with Gasteiger partial charge in [-0.25, -0.2) is 0 Å². The first kappa shape index (κ1) is 14.9. The highest BCUT2D eigenvalue weighted by atomic mass is 31.2. The van der Waals surface area contributed by atoms with E-state index in [1.54, 1.807) is 0 Å². The van der Waals surface area contributed by atoms with Gasteiger partial charge in [0.15, 0.2) is 0 Å². The van der Waals surface area contributed by atoms with Crippen molar-refractivity contribution in [2.24, 2.45) is 11.8 Å². The number of hydrogen-bond acceptors (Lipinski definition) is 2. The van der Waals surface area contributed by atoms with Crippen LogP contribution in [0.5, 0.6) is 0 Å². The largest absolute Gasteiger partial charge is 0.333 e. The summed E-state index contributed by atoms with van der Waals surface area (Å²) in [7, 11) is -7.61. The molecule has 0 aromatic heterocycles. The van der Waals surface area contributed by atoms with Gasteiger partial charge in [0.1, 0.15) is 0 Å². The predicted molar refractivity (Wildman–Crippen MR) is 81.4 cm³/mol. The van der Waals surface area contributed by atoms with Crippen molar-refractivity contribution in [2.75, 3.05) is 0 Å². The second-order valence-corrected chi connectivity index (χ2v) is 13.0. The molecule has 120 valence electrons.